The molecule has 4 nitrogen and oxygen atoms in total. The molecule has 0 spiro atoms. The van der Waals surface area contributed by atoms with Gasteiger partial charge in [0.2, 0.25) is 0 Å². The second kappa shape index (κ2) is 10.9. The number of nitrogens with one attached hydrogen (secondary N) is 1. The summed E-state index contributed by atoms with van der Waals surface area (Å²) in [6.45, 7) is 4.82. The van der Waals surface area contributed by atoms with E-state index in [1.807, 2.05) is 79.9 Å². The number of para-hydroxylation sites is 1. The van der Waals surface area contributed by atoms with Crippen LogP contribution in [0, 0.1) is 12.8 Å². The number of benzene rings is 3. The van der Waals surface area contributed by atoms with Gasteiger partial charge in [-0.2, -0.15) is 0 Å². The Bertz CT molecular complexity index is 1370. The zero-order valence-corrected chi connectivity index (χ0v) is 21.5. The lowest BCUT2D eigenvalue weighted by molar-refractivity contribution is 0.102. The van der Waals surface area contributed by atoms with Crippen molar-refractivity contribution in [1.82, 2.24) is 0 Å². The molecule has 5 rings (SSSR count). The Morgan fingerprint density at radius 1 is 1.06 bits per heavy atom. The van der Waals surface area contributed by atoms with Gasteiger partial charge in [0.05, 0.1) is 5.56 Å². The van der Waals surface area contributed by atoms with E-state index < -0.39 is 0 Å². The minimum absolute atomic E-state index is 0.0758. The van der Waals surface area contributed by atoms with Crippen LogP contribution >= 0.6 is 11.3 Å². The molecule has 0 saturated heterocycles. The number of fused-ring (bicyclic) bond motifs is 1. The van der Waals surface area contributed by atoms with E-state index in [2.05, 4.69) is 24.4 Å². The summed E-state index contributed by atoms with van der Waals surface area (Å²) in [7, 11) is 0. The van der Waals surface area contributed by atoms with Crippen molar-refractivity contribution >= 4 is 34.1 Å². The lowest BCUT2D eigenvalue weighted by Crippen LogP contribution is -2.17. The van der Waals surface area contributed by atoms with E-state index in [1.165, 1.54) is 10.4 Å². The largest absolute Gasteiger partial charge is 0.489 e. The van der Waals surface area contributed by atoms with E-state index in [0.717, 1.165) is 58.0 Å². The third-order valence-corrected chi connectivity index (χ3v) is 7.74. The van der Waals surface area contributed by atoms with Gasteiger partial charge < -0.3 is 10.1 Å². The fourth-order valence-corrected chi connectivity index (χ4v) is 5.84. The number of nitrogens with zero attached hydrogens (tertiary/aromatic N) is 1. The van der Waals surface area contributed by atoms with E-state index in [4.69, 9.17) is 9.73 Å². The monoisotopic (exact) mass is 494 g/mol. The summed E-state index contributed by atoms with van der Waals surface area (Å²) >= 11 is 1.65. The fraction of sp³-hybridized carbons (Fsp3) is 0.226. The predicted molar refractivity (Wildman–Crippen MR) is 149 cm³/mol. The normalized spacial score (nSPS) is 15.0. The standard InChI is InChI=1S/C31H30N2O2S/c1-21-12-17-26-28(18-21)36-31(29(26)30(34)33-27-11-7-6-8-22(27)2)32-19-23-13-15-25(16-14-23)35-20-24-9-4-3-5-10-24/h3-11,13-16,19,21H,12,17-18,20H2,1-2H3,(H,33,34). The lowest BCUT2D eigenvalue weighted by atomic mass is 9.88. The average molecular weight is 495 g/mol. The second-order valence-electron chi connectivity index (χ2n) is 9.40. The molecule has 0 bridgehead atoms. The topological polar surface area (TPSA) is 50.7 Å². The van der Waals surface area contributed by atoms with Gasteiger partial charge in [-0.3, -0.25) is 4.79 Å². The number of amides is 1. The molecule has 0 radical (unpaired) electrons. The number of thiophene rings is 1. The Kier molecular flexibility index (Phi) is 7.28. The first-order chi connectivity index (χ1) is 17.6. The number of anilines is 1. The summed E-state index contributed by atoms with van der Waals surface area (Å²) in [5.74, 6) is 1.37. The fourth-order valence-electron chi connectivity index (χ4n) is 4.48. The highest BCUT2D eigenvalue weighted by molar-refractivity contribution is 7.16. The number of aryl methyl sites for hydroxylation is 1. The second-order valence-corrected chi connectivity index (χ2v) is 10.5. The maximum Gasteiger partial charge on any atom is 0.259 e. The van der Waals surface area contributed by atoms with Crippen molar-refractivity contribution in [3.63, 3.8) is 0 Å². The molecule has 1 amide bonds. The van der Waals surface area contributed by atoms with E-state index in [-0.39, 0.29) is 5.91 Å². The Hall–Kier alpha value is -3.70. The van der Waals surface area contributed by atoms with Crippen LogP contribution in [0.1, 0.15) is 50.8 Å². The van der Waals surface area contributed by atoms with Gasteiger partial charge in [-0.15, -0.1) is 11.3 Å². The molecule has 5 heteroatoms. The van der Waals surface area contributed by atoms with E-state index in [0.29, 0.717) is 12.5 Å². The molecule has 4 aromatic rings. The number of aliphatic imine (C=N–C) groups is 1. The summed E-state index contributed by atoms with van der Waals surface area (Å²) in [4.78, 5) is 19.6. The van der Waals surface area contributed by atoms with Crippen molar-refractivity contribution in [3.05, 3.63) is 112 Å². The highest BCUT2D eigenvalue weighted by atomic mass is 32.1. The quantitative estimate of drug-likeness (QED) is 0.267. The van der Waals surface area contributed by atoms with Crippen LogP contribution in [0.3, 0.4) is 0 Å². The zero-order chi connectivity index (χ0) is 24.9. The Morgan fingerprint density at radius 2 is 1.81 bits per heavy atom. The van der Waals surface area contributed by atoms with Gasteiger partial charge in [-0.25, -0.2) is 4.99 Å². The van der Waals surface area contributed by atoms with Crippen LogP contribution in [0.5, 0.6) is 5.75 Å². The number of hydrogen-bond acceptors (Lipinski definition) is 4. The van der Waals surface area contributed by atoms with Gasteiger partial charge in [0.25, 0.3) is 5.91 Å². The zero-order valence-electron chi connectivity index (χ0n) is 20.7. The first-order valence-corrected chi connectivity index (χ1v) is 13.2. The maximum absolute atomic E-state index is 13.5. The third kappa shape index (κ3) is 5.58. The van der Waals surface area contributed by atoms with Gasteiger partial charge in [0.1, 0.15) is 17.4 Å². The SMILES string of the molecule is Cc1ccccc1NC(=O)c1c(N=Cc2ccc(OCc3ccccc3)cc2)sc2c1CCC(C)C2. The molecule has 1 unspecified atom stereocenters. The summed E-state index contributed by atoms with van der Waals surface area (Å²) in [5.41, 5.74) is 5.88. The number of ether oxygens (including phenoxy) is 1. The van der Waals surface area contributed by atoms with E-state index in [9.17, 15) is 4.79 Å². The molecule has 0 fully saturated rings. The summed E-state index contributed by atoms with van der Waals surface area (Å²) in [6.07, 6.45) is 4.87. The number of carbonyl (C=O) groups is 1. The number of rotatable bonds is 7. The molecule has 1 N–H and O–H groups in total. The summed E-state index contributed by atoms with van der Waals surface area (Å²) in [6, 6.07) is 25.9. The Labute approximate surface area is 216 Å². The van der Waals surface area contributed by atoms with Crippen molar-refractivity contribution < 1.29 is 9.53 Å². The number of carbonyl (C=O) groups excluding carboxylic acids is 1. The van der Waals surface area contributed by atoms with Crippen LogP contribution in [0.4, 0.5) is 10.7 Å². The van der Waals surface area contributed by atoms with E-state index in [1.54, 1.807) is 11.3 Å². The van der Waals surface area contributed by atoms with Crippen molar-refractivity contribution in [3.8, 4) is 5.75 Å². The van der Waals surface area contributed by atoms with Crippen LogP contribution in [0.15, 0.2) is 83.9 Å². The molecular formula is C31H30N2O2S. The van der Waals surface area contributed by atoms with Crippen LogP contribution in [-0.4, -0.2) is 12.1 Å². The minimum Gasteiger partial charge on any atom is -0.489 e. The first-order valence-electron chi connectivity index (χ1n) is 12.4. The van der Waals surface area contributed by atoms with E-state index >= 15 is 0 Å². The molecule has 1 aliphatic rings. The summed E-state index contributed by atoms with van der Waals surface area (Å²) < 4.78 is 5.90. The van der Waals surface area contributed by atoms with Crippen LogP contribution in [0.2, 0.25) is 0 Å². The molecule has 1 aromatic heterocycles. The van der Waals surface area contributed by atoms with Crippen molar-refractivity contribution in [1.29, 1.82) is 0 Å². The summed E-state index contributed by atoms with van der Waals surface area (Å²) in [5, 5.41) is 3.91. The smallest absolute Gasteiger partial charge is 0.259 e. The first kappa shape index (κ1) is 24.0. The number of hydrogen-bond donors (Lipinski definition) is 1. The molecule has 182 valence electrons. The molecule has 1 atom stereocenters. The molecular weight excluding hydrogens is 464 g/mol. The van der Waals surface area contributed by atoms with Crippen molar-refractivity contribution in [2.45, 2.75) is 39.7 Å². The van der Waals surface area contributed by atoms with Crippen molar-refractivity contribution in [2.24, 2.45) is 10.9 Å². The minimum atomic E-state index is -0.0758. The van der Waals surface area contributed by atoms with Gasteiger partial charge in [-0.05, 0) is 84.7 Å². The third-order valence-electron chi connectivity index (χ3n) is 6.57. The molecule has 36 heavy (non-hydrogen) atoms. The maximum atomic E-state index is 13.5. The lowest BCUT2D eigenvalue weighted by Gasteiger charge is -2.18. The van der Waals surface area contributed by atoms with Gasteiger partial charge in [0, 0.05) is 16.8 Å². The van der Waals surface area contributed by atoms with Crippen LogP contribution in [0.25, 0.3) is 0 Å². The average Bonchev–Trinajstić information content (AvgIpc) is 3.26. The van der Waals surface area contributed by atoms with Gasteiger partial charge in [-0.1, -0.05) is 55.5 Å². The van der Waals surface area contributed by atoms with Crippen LogP contribution < -0.4 is 10.1 Å². The molecule has 1 aliphatic carbocycles. The Balaban J connectivity index is 1.35. The molecule has 1 heterocycles. The molecule has 3 aromatic carbocycles. The van der Waals surface area contributed by atoms with Crippen molar-refractivity contribution in [2.75, 3.05) is 5.32 Å². The van der Waals surface area contributed by atoms with Gasteiger partial charge in [0.15, 0.2) is 0 Å². The van der Waals surface area contributed by atoms with Gasteiger partial charge >= 0.3 is 0 Å². The molecule has 0 saturated carbocycles. The molecule has 0 aliphatic heterocycles. The Morgan fingerprint density at radius 3 is 2.58 bits per heavy atom. The van der Waals surface area contributed by atoms with Crippen LogP contribution in [-0.2, 0) is 19.4 Å². The highest BCUT2D eigenvalue weighted by Crippen LogP contribution is 2.41. The predicted octanol–water partition coefficient (Wildman–Crippen LogP) is 7.76. The highest BCUT2D eigenvalue weighted by Gasteiger charge is 2.27.